The molecule has 2 rings (SSSR count). The Kier molecular flexibility index (Phi) is 5.58. The molecular formula is C17H21FN2O. The van der Waals surface area contributed by atoms with Crippen molar-refractivity contribution < 1.29 is 9.13 Å². The van der Waals surface area contributed by atoms with Gasteiger partial charge in [-0.3, -0.25) is 0 Å². The molecule has 0 radical (unpaired) electrons. The zero-order valence-electron chi connectivity index (χ0n) is 12.5. The molecule has 2 aromatic carbocycles. The highest BCUT2D eigenvalue weighted by Crippen LogP contribution is 2.18. The minimum absolute atomic E-state index is 0.218. The summed E-state index contributed by atoms with van der Waals surface area (Å²) >= 11 is 0. The number of likely N-dealkylation sites (N-methyl/N-ethyl adjacent to an activating group) is 1. The van der Waals surface area contributed by atoms with Crippen LogP contribution in [0.3, 0.4) is 0 Å². The molecule has 0 heterocycles. The van der Waals surface area contributed by atoms with Gasteiger partial charge >= 0.3 is 0 Å². The molecule has 0 amide bonds. The van der Waals surface area contributed by atoms with Crippen molar-refractivity contribution in [3.63, 3.8) is 0 Å². The predicted molar refractivity (Wildman–Crippen MR) is 84.4 cm³/mol. The van der Waals surface area contributed by atoms with E-state index in [1.54, 1.807) is 12.1 Å². The molecular weight excluding hydrogens is 267 g/mol. The van der Waals surface area contributed by atoms with Crippen LogP contribution in [0.25, 0.3) is 0 Å². The lowest BCUT2D eigenvalue weighted by atomic mass is 10.2. The first-order valence-electron chi connectivity index (χ1n) is 7.02. The molecule has 0 spiro atoms. The summed E-state index contributed by atoms with van der Waals surface area (Å²) in [4.78, 5) is 2.04. The summed E-state index contributed by atoms with van der Waals surface area (Å²) in [5.41, 5.74) is 2.12. The molecule has 4 heteroatoms. The molecule has 0 atom stereocenters. The number of ether oxygens (including phenoxy) is 1. The van der Waals surface area contributed by atoms with Crippen molar-refractivity contribution >= 4 is 5.69 Å². The third-order valence-corrected chi connectivity index (χ3v) is 3.29. The van der Waals surface area contributed by atoms with Gasteiger partial charge in [0.2, 0.25) is 0 Å². The lowest BCUT2D eigenvalue weighted by molar-refractivity contribution is 0.322. The Labute approximate surface area is 125 Å². The Morgan fingerprint density at radius 2 is 1.81 bits per heavy atom. The van der Waals surface area contributed by atoms with Gasteiger partial charge in [0.1, 0.15) is 18.2 Å². The summed E-state index contributed by atoms with van der Waals surface area (Å²) in [7, 11) is 3.88. The van der Waals surface area contributed by atoms with E-state index in [0.717, 1.165) is 30.1 Å². The predicted octanol–water partition coefficient (Wildman–Crippen LogP) is 3.06. The average molecular weight is 288 g/mol. The van der Waals surface area contributed by atoms with E-state index in [9.17, 15) is 4.39 Å². The number of halogens is 1. The lowest BCUT2D eigenvalue weighted by Crippen LogP contribution is -2.24. The molecule has 0 saturated carbocycles. The van der Waals surface area contributed by atoms with Crippen molar-refractivity contribution in [1.82, 2.24) is 5.32 Å². The van der Waals surface area contributed by atoms with Gasteiger partial charge in [-0.2, -0.15) is 0 Å². The van der Waals surface area contributed by atoms with E-state index in [1.807, 2.05) is 37.2 Å². The molecule has 0 saturated heterocycles. The van der Waals surface area contributed by atoms with Crippen LogP contribution in [0.1, 0.15) is 5.56 Å². The van der Waals surface area contributed by atoms with Crippen molar-refractivity contribution in [2.75, 3.05) is 32.1 Å². The van der Waals surface area contributed by atoms with Crippen LogP contribution < -0.4 is 15.0 Å². The van der Waals surface area contributed by atoms with Crippen LogP contribution in [0.15, 0.2) is 48.5 Å². The first-order chi connectivity index (χ1) is 10.2. The zero-order valence-corrected chi connectivity index (χ0v) is 12.5. The second-order valence-electron chi connectivity index (χ2n) is 4.88. The molecule has 0 unspecified atom stereocenters. The highest BCUT2D eigenvalue weighted by atomic mass is 19.1. The quantitative estimate of drug-likeness (QED) is 0.847. The van der Waals surface area contributed by atoms with Crippen LogP contribution in [0, 0.1) is 5.82 Å². The van der Waals surface area contributed by atoms with Gasteiger partial charge in [-0.1, -0.05) is 18.2 Å². The Balaban J connectivity index is 1.88. The van der Waals surface area contributed by atoms with Gasteiger partial charge < -0.3 is 15.0 Å². The average Bonchev–Trinajstić information content (AvgIpc) is 2.50. The minimum atomic E-state index is -0.218. The van der Waals surface area contributed by atoms with Crippen molar-refractivity contribution in [2.24, 2.45) is 0 Å². The largest absolute Gasteiger partial charge is 0.491 e. The minimum Gasteiger partial charge on any atom is -0.491 e. The first kappa shape index (κ1) is 15.3. The van der Waals surface area contributed by atoms with E-state index in [0.29, 0.717) is 6.61 Å². The van der Waals surface area contributed by atoms with E-state index < -0.39 is 0 Å². The van der Waals surface area contributed by atoms with Gasteiger partial charge in [0.05, 0.1) is 6.54 Å². The number of nitrogens with zero attached hydrogens (tertiary/aromatic N) is 1. The Morgan fingerprint density at radius 3 is 2.52 bits per heavy atom. The number of nitrogens with one attached hydrogen (secondary N) is 1. The molecule has 0 aliphatic heterocycles. The smallest absolute Gasteiger partial charge is 0.123 e. The maximum absolute atomic E-state index is 12.9. The standard InChI is InChI=1S/C17H21FN2O/c1-19-13-14-5-3-4-6-17(14)21-12-11-20(2)16-9-7-15(18)8-10-16/h3-10,19H,11-13H2,1-2H3. The summed E-state index contributed by atoms with van der Waals surface area (Å²) in [5.74, 6) is 0.684. The topological polar surface area (TPSA) is 24.5 Å². The molecule has 0 aromatic heterocycles. The third kappa shape index (κ3) is 4.46. The van der Waals surface area contributed by atoms with Gasteiger partial charge in [0.15, 0.2) is 0 Å². The fraction of sp³-hybridized carbons (Fsp3) is 0.294. The van der Waals surface area contributed by atoms with E-state index in [4.69, 9.17) is 4.74 Å². The van der Waals surface area contributed by atoms with Crippen molar-refractivity contribution in [1.29, 1.82) is 0 Å². The maximum atomic E-state index is 12.9. The zero-order chi connectivity index (χ0) is 15.1. The molecule has 1 N–H and O–H groups in total. The fourth-order valence-corrected chi connectivity index (χ4v) is 2.10. The lowest BCUT2D eigenvalue weighted by Gasteiger charge is -2.20. The highest BCUT2D eigenvalue weighted by Gasteiger charge is 2.04. The number of hydrogen-bond acceptors (Lipinski definition) is 3. The van der Waals surface area contributed by atoms with Crippen molar-refractivity contribution in [2.45, 2.75) is 6.54 Å². The Bertz CT molecular complexity index is 557. The number of benzene rings is 2. The van der Waals surface area contributed by atoms with Crippen LogP contribution in [0.5, 0.6) is 5.75 Å². The number of anilines is 1. The Hall–Kier alpha value is -2.07. The maximum Gasteiger partial charge on any atom is 0.123 e. The molecule has 0 aliphatic carbocycles. The summed E-state index contributed by atoms with van der Waals surface area (Å²) in [6.45, 7) is 2.10. The van der Waals surface area contributed by atoms with Gasteiger partial charge in [0, 0.05) is 24.8 Å². The van der Waals surface area contributed by atoms with Crippen LogP contribution in [0.2, 0.25) is 0 Å². The van der Waals surface area contributed by atoms with E-state index in [-0.39, 0.29) is 5.82 Å². The molecule has 0 bridgehead atoms. The van der Waals surface area contributed by atoms with Crippen LogP contribution >= 0.6 is 0 Å². The van der Waals surface area contributed by atoms with Crippen LogP contribution in [-0.2, 0) is 6.54 Å². The number of rotatable bonds is 7. The SMILES string of the molecule is CNCc1ccccc1OCCN(C)c1ccc(F)cc1. The van der Waals surface area contributed by atoms with Gasteiger partial charge in [-0.05, 0) is 37.4 Å². The summed E-state index contributed by atoms with van der Waals surface area (Å²) < 4.78 is 18.7. The molecule has 112 valence electrons. The second-order valence-corrected chi connectivity index (χ2v) is 4.88. The third-order valence-electron chi connectivity index (χ3n) is 3.29. The summed E-state index contributed by atoms with van der Waals surface area (Å²) in [6, 6.07) is 14.5. The second kappa shape index (κ2) is 7.64. The summed E-state index contributed by atoms with van der Waals surface area (Å²) in [5, 5.41) is 3.13. The van der Waals surface area contributed by atoms with Gasteiger partial charge in [-0.15, -0.1) is 0 Å². The highest BCUT2D eigenvalue weighted by molar-refractivity contribution is 5.45. The molecule has 21 heavy (non-hydrogen) atoms. The molecule has 2 aromatic rings. The van der Waals surface area contributed by atoms with Crippen molar-refractivity contribution in [3.05, 3.63) is 59.9 Å². The molecule has 0 fully saturated rings. The van der Waals surface area contributed by atoms with Crippen LogP contribution in [-0.4, -0.2) is 27.2 Å². The van der Waals surface area contributed by atoms with Gasteiger partial charge in [-0.25, -0.2) is 4.39 Å². The molecule has 3 nitrogen and oxygen atoms in total. The monoisotopic (exact) mass is 288 g/mol. The van der Waals surface area contributed by atoms with E-state index in [2.05, 4.69) is 11.4 Å². The van der Waals surface area contributed by atoms with Crippen molar-refractivity contribution in [3.8, 4) is 5.75 Å². The first-order valence-corrected chi connectivity index (χ1v) is 7.02. The normalized spacial score (nSPS) is 10.4. The Morgan fingerprint density at radius 1 is 1.10 bits per heavy atom. The van der Waals surface area contributed by atoms with E-state index in [1.165, 1.54) is 12.1 Å². The van der Waals surface area contributed by atoms with E-state index >= 15 is 0 Å². The molecule has 0 aliphatic rings. The van der Waals surface area contributed by atoms with Gasteiger partial charge in [0.25, 0.3) is 0 Å². The number of para-hydroxylation sites is 1. The fourth-order valence-electron chi connectivity index (χ4n) is 2.10. The van der Waals surface area contributed by atoms with Crippen LogP contribution in [0.4, 0.5) is 10.1 Å². The number of hydrogen-bond donors (Lipinski definition) is 1. The summed E-state index contributed by atoms with van der Waals surface area (Å²) in [6.07, 6.45) is 0.